The zero-order valence-corrected chi connectivity index (χ0v) is 14.2. The van der Waals surface area contributed by atoms with Gasteiger partial charge in [0.25, 0.3) is 0 Å². The summed E-state index contributed by atoms with van der Waals surface area (Å²) in [5, 5.41) is -0.164. The molecule has 1 aliphatic carbocycles. The first-order chi connectivity index (χ1) is 10.9. The number of carbonyl (C=O) groups excluding carboxylic acids is 1. The first-order valence-electron chi connectivity index (χ1n) is 8.26. The van der Waals surface area contributed by atoms with Gasteiger partial charge in [-0.3, -0.25) is 4.79 Å². The molecule has 124 valence electrons. The summed E-state index contributed by atoms with van der Waals surface area (Å²) in [6.45, 7) is 3.71. The third kappa shape index (κ3) is 2.58. The van der Waals surface area contributed by atoms with Crippen LogP contribution >= 0.6 is 0 Å². The van der Waals surface area contributed by atoms with Crippen molar-refractivity contribution in [2.24, 2.45) is 5.41 Å². The van der Waals surface area contributed by atoms with Crippen LogP contribution in [0.15, 0.2) is 24.3 Å². The quantitative estimate of drug-likeness (QED) is 0.848. The van der Waals surface area contributed by atoms with Gasteiger partial charge in [0.1, 0.15) is 0 Å². The Labute approximate surface area is 137 Å². The van der Waals surface area contributed by atoms with Crippen molar-refractivity contribution in [1.29, 1.82) is 0 Å². The molecule has 5 nitrogen and oxygen atoms in total. The molecule has 1 amide bonds. The minimum atomic E-state index is -3.13. The van der Waals surface area contributed by atoms with Gasteiger partial charge in [0.2, 0.25) is 15.9 Å². The molecule has 0 unspecified atom stereocenters. The molecular weight excluding hydrogens is 312 g/mol. The number of anilines is 1. The molecule has 2 heterocycles. The van der Waals surface area contributed by atoms with E-state index in [1.54, 1.807) is 4.31 Å². The number of aryl methyl sites for hydroxylation is 1. The van der Waals surface area contributed by atoms with Crippen LogP contribution in [0, 0.1) is 12.3 Å². The fourth-order valence-electron chi connectivity index (χ4n) is 3.89. The lowest BCUT2D eigenvalue weighted by Crippen LogP contribution is -2.35. The monoisotopic (exact) mass is 334 g/mol. The molecule has 0 bridgehead atoms. The average Bonchev–Trinajstić information content (AvgIpc) is 3.21. The van der Waals surface area contributed by atoms with E-state index in [0.717, 1.165) is 30.5 Å². The van der Waals surface area contributed by atoms with Crippen molar-refractivity contribution in [2.75, 3.05) is 24.5 Å². The normalized spacial score (nSPS) is 28.9. The zero-order valence-electron chi connectivity index (χ0n) is 13.4. The fraction of sp³-hybridized carbons (Fsp3) is 0.588. The fourth-order valence-corrected chi connectivity index (χ4v) is 5.84. The van der Waals surface area contributed by atoms with E-state index in [1.165, 1.54) is 0 Å². The van der Waals surface area contributed by atoms with Gasteiger partial charge in [-0.1, -0.05) is 12.1 Å². The van der Waals surface area contributed by atoms with Crippen LogP contribution in [-0.2, 0) is 14.8 Å². The van der Waals surface area contributed by atoms with Crippen molar-refractivity contribution in [1.82, 2.24) is 4.31 Å². The predicted molar refractivity (Wildman–Crippen MR) is 88.7 cm³/mol. The largest absolute Gasteiger partial charge is 0.312 e. The highest BCUT2D eigenvalue weighted by Gasteiger charge is 2.52. The van der Waals surface area contributed by atoms with E-state index in [0.29, 0.717) is 26.1 Å². The summed E-state index contributed by atoms with van der Waals surface area (Å²) < 4.78 is 26.5. The third-order valence-electron chi connectivity index (χ3n) is 5.34. The molecule has 1 saturated carbocycles. The second-order valence-electron chi connectivity index (χ2n) is 7.32. The molecule has 1 aromatic carbocycles. The Kier molecular flexibility index (Phi) is 3.32. The van der Waals surface area contributed by atoms with Gasteiger partial charge in [0.15, 0.2) is 0 Å². The third-order valence-corrected chi connectivity index (χ3v) is 7.69. The standard InChI is InChI=1S/C17H22N2O3S/c1-13-3-2-4-14(9-13)19-12-17(10-16(19)20)7-8-18(11-17)23(21,22)15-5-6-15/h2-4,9,15H,5-8,10-12H2,1H3/t17-/m0/s1. The molecule has 2 aliphatic heterocycles. The Bertz CT molecular complexity index is 757. The maximum Gasteiger partial charge on any atom is 0.227 e. The van der Waals surface area contributed by atoms with Gasteiger partial charge in [0, 0.05) is 37.2 Å². The first kappa shape index (κ1) is 15.1. The molecule has 3 aliphatic rings. The van der Waals surface area contributed by atoms with Crippen LogP contribution in [0.4, 0.5) is 5.69 Å². The second kappa shape index (κ2) is 5.05. The van der Waals surface area contributed by atoms with E-state index in [1.807, 2.05) is 36.1 Å². The van der Waals surface area contributed by atoms with Gasteiger partial charge in [-0.15, -0.1) is 0 Å². The van der Waals surface area contributed by atoms with Crippen molar-refractivity contribution >= 4 is 21.6 Å². The SMILES string of the molecule is Cc1cccc(N2C[C@@]3(CCN(S(=O)(=O)C4CC4)C3)CC2=O)c1. The number of amides is 1. The first-order valence-corrected chi connectivity index (χ1v) is 9.76. The highest BCUT2D eigenvalue weighted by molar-refractivity contribution is 7.90. The molecule has 1 atom stereocenters. The number of rotatable bonds is 3. The molecule has 1 aromatic rings. The molecule has 1 spiro atoms. The van der Waals surface area contributed by atoms with Crippen LogP contribution < -0.4 is 4.90 Å². The number of hydrogen-bond donors (Lipinski definition) is 0. The molecule has 2 saturated heterocycles. The Morgan fingerprint density at radius 3 is 2.70 bits per heavy atom. The van der Waals surface area contributed by atoms with Crippen LogP contribution in [-0.4, -0.2) is 43.5 Å². The van der Waals surface area contributed by atoms with Crippen LogP contribution in [0.3, 0.4) is 0 Å². The highest BCUT2D eigenvalue weighted by Crippen LogP contribution is 2.44. The van der Waals surface area contributed by atoms with Crippen molar-refractivity contribution in [3.05, 3.63) is 29.8 Å². The number of nitrogens with zero attached hydrogens (tertiary/aromatic N) is 2. The minimum absolute atomic E-state index is 0.112. The summed E-state index contributed by atoms with van der Waals surface area (Å²) in [7, 11) is -3.13. The van der Waals surface area contributed by atoms with Crippen LogP contribution in [0.2, 0.25) is 0 Å². The summed E-state index contributed by atoms with van der Waals surface area (Å²) in [6, 6.07) is 7.95. The van der Waals surface area contributed by atoms with Crippen molar-refractivity contribution in [3.8, 4) is 0 Å². The van der Waals surface area contributed by atoms with Gasteiger partial charge in [-0.25, -0.2) is 12.7 Å². The summed E-state index contributed by atoms with van der Waals surface area (Å²) in [5.41, 5.74) is 1.85. The van der Waals surface area contributed by atoms with Gasteiger partial charge < -0.3 is 4.90 Å². The van der Waals surface area contributed by atoms with Crippen LogP contribution in [0.1, 0.15) is 31.2 Å². The smallest absolute Gasteiger partial charge is 0.227 e. The van der Waals surface area contributed by atoms with Crippen molar-refractivity contribution in [2.45, 2.75) is 37.9 Å². The highest BCUT2D eigenvalue weighted by atomic mass is 32.2. The Hall–Kier alpha value is -1.40. The average molecular weight is 334 g/mol. The van der Waals surface area contributed by atoms with Crippen LogP contribution in [0.25, 0.3) is 0 Å². The number of hydrogen-bond acceptors (Lipinski definition) is 3. The maximum absolute atomic E-state index is 12.5. The summed E-state index contributed by atoms with van der Waals surface area (Å²) in [4.78, 5) is 14.3. The summed E-state index contributed by atoms with van der Waals surface area (Å²) in [5.74, 6) is 0.112. The van der Waals surface area contributed by atoms with E-state index in [9.17, 15) is 13.2 Å². The Balaban J connectivity index is 1.54. The molecule has 0 aromatic heterocycles. The van der Waals surface area contributed by atoms with Crippen molar-refractivity contribution < 1.29 is 13.2 Å². The molecule has 6 heteroatoms. The maximum atomic E-state index is 12.5. The zero-order chi connectivity index (χ0) is 16.2. The van der Waals surface area contributed by atoms with E-state index < -0.39 is 10.0 Å². The van der Waals surface area contributed by atoms with Gasteiger partial charge in [-0.05, 0) is 43.9 Å². The van der Waals surface area contributed by atoms with E-state index in [4.69, 9.17) is 0 Å². The topological polar surface area (TPSA) is 57.7 Å². The lowest BCUT2D eigenvalue weighted by Gasteiger charge is -2.24. The minimum Gasteiger partial charge on any atom is -0.312 e. The van der Waals surface area contributed by atoms with Crippen LogP contribution in [0.5, 0.6) is 0 Å². The lowest BCUT2D eigenvalue weighted by molar-refractivity contribution is -0.117. The predicted octanol–water partition coefficient (Wildman–Crippen LogP) is 1.92. The summed E-state index contributed by atoms with van der Waals surface area (Å²) >= 11 is 0. The van der Waals surface area contributed by atoms with Crippen molar-refractivity contribution in [3.63, 3.8) is 0 Å². The molecule has 23 heavy (non-hydrogen) atoms. The number of carbonyl (C=O) groups is 1. The van der Waals surface area contributed by atoms with Gasteiger partial charge in [0.05, 0.1) is 5.25 Å². The molecule has 3 fully saturated rings. The molecule has 0 radical (unpaired) electrons. The Morgan fingerprint density at radius 2 is 2.00 bits per heavy atom. The van der Waals surface area contributed by atoms with Gasteiger partial charge >= 0.3 is 0 Å². The second-order valence-corrected chi connectivity index (χ2v) is 9.54. The lowest BCUT2D eigenvalue weighted by atomic mass is 9.86. The molecule has 4 rings (SSSR count). The number of benzene rings is 1. The Morgan fingerprint density at radius 1 is 1.22 bits per heavy atom. The summed E-state index contributed by atoms with van der Waals surface area (Å²) in [6.07, 6.45) is 2.82. The van der Waals surface area contributed by atoms with E-state index in [-0.39, 0.29) is 16.6 Å². The number of sulfonamides is 1. The van der Waals surface area contributed by atoms with E-state index >= 15 is 0 Å². The van der Waals surface area contributed by atoms with Gasteiger partial charge in [-0.2, -0.15) is 0 Å². The molecule has 0 N–H and O–H groups in total. The van der Waals surface area contributed by atoms with E-state index in [2.05, 4.69) is 0 Å². The molecular formula is C17H22N2O3S.